The number of benzene rings is 1. The van der Waals surface area contributed by atoms with Gasteiger partial charge in [-0.1, -0.05) is 23.2 Å². The van der Waals surface area contributed by atoms with Gasteiger partial charge in [-0.2, -0.15) is 9.36 Å². The highest BCUT2D eigenvalue weighted by molar-refractivity contribution is 6.41. The number of allylic oxidation sites excluding steroid dienone is 1. The maximum atomic E-state index is 13.0. The maximum absolute atomic E-state index is 13.0. The van der Waals surface area contributed by atoms with Crippen molar-refractivity contribution in [3.05, 3.63) is 50.1 Å². The van der Waals surface area contributed by atoms with Gasteiger partial charge in [0.1, 0.15) is 11.3 Å². The number of Topliss-reactive ketones (excluding diaryl/α,β-unsaturated/α-hetero) is 2. The van der Waals surface area contributed by atoms with Crippen molar-refractivity contribution in [2.75, 3.05) is 6.61 Å². The first-order valence-electron chi connectivity index (χ1n) is 8.24. The number of nitrogens with zero attached hydrogens (tertiary/aromatic N) is 4. The van der Waals surface area contributed by atoms with E-state index >= 15 is 0 Å². The fourth-order valence-corrected chi connectivity index (χ4v) is 3.08. The Morgan fingerprint density at radius 2 is 2.00 bits per heavy atom. The number of tetrazole rings is 1. The van der Waals surface area contributed by atoms with E-state index in [1.54, 1.807) is 6.92 Å². The van der Waals surface area contributed by atoms with Gasteiger partial charge in [-0.25, -0.2) is 4.79 Å². The van der Waals surface area contributed by atoms with E-state index in [-0.39, 0.29) is 38.6 Å². The molecule has 0 unspecified atom stereocenters. The van der Waals surface area contributed by atoms with E-state index in [1.165, 1.54) is 25.4 Å². The van der Waals surface area contributed by atoms with E-state index in [1.807, 2.05) is 0 Å². The second kappa shape index (κ2) is 7.66. The topological polar surface area (TPSA) is 96.1 Å². The van der Waals surface area contributed by atoms with Crippen LogP contribution in [0, 0.1) is 5.92 Å². The van der Waals surface area contributed by atoms with E-state index in [4.69, 9.17) is 27.9 Å². The minimum Gasteiger partial charge on any atom is -0.501 e. The van der Waals surface area contributed by atoms with Crippen LogP contribution in [0.5, 0.6) is 0 Å². The van der Waals surface area contributed by atoms with Gasteiger partial charge in [0.25, 0.3) is 0 Å². The standard InChI is InChI=1S/C17H16Cl2N4O4/c1-3-27-8-11(15(24)9-4-5-9)16(25)10-6-7-12(18)14(13(10)19)23-17(26)22(2)20-21-23/h6-9H,3-5H2,1-2H3/b11-8-. The molecule has 27 heavy (non-hydrogen) atoms. The van der Waals surface area contributed by atoms with E-state index in [0.717, 1.165) is 22.2 Å². The predicted molar refractivity (Wildman–Crippen MR) is 98.4 cm³/mol. The Morgan fingerprint density at radius 3 is 2.56 bits per heavy atom. The highest BCUT2D eigenvalue weighted by atomic mass is 35.5. The van der Waals surface area contributed by atoms with Crippen LogP contribution in [0.1, 0.15) is 30.1 Å². The molecule has 0 spiro atoms. The zero-order valence-corrected chi connectivity index (χ0v) is 16.1. The predicted octanol–water partition coefficient (Wildman–Crippen LogP) is 2.36. The highest BCUT2D eigenvalue weighted by Gasteiger charge is 2.36. The normalized spacial score (nSPS) is 14.3. The lowest BCUT2D eigenvalue weighted by molar-refractivity contribution is -0.116. The summed E-state index contributed by atoms with van der Waals surface area (Å²) in [5.74, 6) is -1.05. The van der Waals surface area contributed by atoms with Crippen molar-refractivity contribution in [2.45, 2.75) is 19.8 Å². The van der Waals surface area contributed by atoms with Crippen molar-refractivity contribution in [3.8, 4) is 5.69 Å². The van der Waals surface area contributed by atoms with E-state index in [2.05, 4.69) is 10.4 Å². The minimum atomic E-state index is -0.597. The Hall–Kier alpha value is -2.45. The molecule has 1 aliphatic carbocycles. The van der Waals surface area contributed by atoms with Gasteiger partial charge in [-0.3, -0.25) is 9.59 Å². The van der Waals surface area contributed by atoms with Crippen LogP contribution < -0.4 is 5.69 Å². The van der Waals surface area contributed by atoms with E-state index in [9.17, 15) is 14.4 Å². The smallest absolute Gasteiger partial charge is 0.368 e. The zero-order valence-electron chi connectivity index (χ0n) is 14.6. The summed E-state index contributed by atoms with van der Waals surface area (Å²) in [6.45, 7) is 2.05. The number of ether oxygens (including phenoxy) is 1. The van der Waals surface area contributed by atoms with Gasteiger partial charge in [0.2, 0.25) is 5.78 Å². The average molecular weight is 411 g/mol. The molecule has 0 N–H and O–H groups in total. The molecule has 0 bridgehead atoms. The molecule has 8 nitrogen and oxygen atoms in total. The molecular weight excluding hydrogens is 395 g/mol. The van der Waals surface area contributed by atoms with Crippen molar-refractivity contribution in [3.63, 3.8) is 0 Å². The third-order valence-corrected chi connectivity index (χ3v) is 4.76. The van der Waals surface area contributed by atoms with Crippen LogP contribution in [0.15, 0.2) is 28.8 Å². The van der Waals surface area contributed by atoms with Crippen LogP contribution in [0.2, 0.25) is 10.0 Å². The van der Waals surface area contributed by atoms with Crippen molar-refractivity contribution < 1.29 is 14.3 Å². The lowest BCUT2D eigenvalue weighted by Gasteiger charge is -2.11. The second-order valence-electron chi connectivity index (χ2n) is 6.01. The summed E-state index contributed by atoms with van der Waals surface area (Å²) in [5, 5.41) is 7.34. The number of carbonyl (C=O) groups is 2. The fourth-order valence-electron chi connectivity index (χ4n) is 2.47. The minimum absolute atomic E-state index is 0.0218. The third kappa shape index (κ3) is 3.68. The quantitative estimate of drug-likeness (QED) is 0.228. The van der Waals surface area contributed by atoms with E-state index < -0.39 is 11.5 Å². The summed E-state index contributed by atoms with van der Waals surface area (Å²) in [7, 11) is 1.42. The number of aryl methyl sites for hydroxylation is 1. The SMILES string of the molecule is CCO/C=C(\C(=O)c1ccc(Cl)c(-n2nnn(C)c2=O)c1Cl)C(=O)C1CC1. The second-order valence-corrected chi connectivity index (χ2v) is 6.79. The Kier molecular flexibility index (Phi) is 5.48. The summed E-state index contributed by atoms with van der Waals surface area (Å²) in [6.07, 6.45) is 2.65. The monoisotopic (exact) mass is 410 g/mol. The molecule has 0 amide bonds. The first-order valence-corrected chi connectivity index (χ1v) is 9.00. The van der Waals surface area contributed by atoms with Gasteiger partial charge in [0, 0.05) is 18.5 Å². The van der Waals surface area contributed by atoms with Crippen molar-refractivity contribution >= 4 is 34.8 Å². The molecule has 142 valence electrons. The number of halogens is 2. The lowest BCUT2D eigenvalue weighted by Crippen LogP contribution is -2.23. The molecule has 1 heterocycles. The summed E-state index contributed by atoms with van der Waals surface area (Å²) >= 11 is 12.6. The van der Waals surface area contributed by atoms with Crippen molar-refractivity contribution in [2.24, 2.45) is 13.0 Å². The van der Waals surface area contributed by atoms with Gasteiger partial charge in [0.05, 0.1) is 22.9 Å². The van der Waals surface area contributed by atoms with Gasteiger partial charge >= 0.3 is 5.69 Å². The van der Waals surface area contributed by atoms with Crippen LogP contribution in [0.3, 0.4) is 0 Å². The Labute approximate surface area is 164 Å². The van der Waals surface area contributed by atoms with Gasteiger partial charge in [0.15, 0.2) is 5.78 Å². The molecule has 0 aliphatic heterocycles. The molecule has 0 atom stereocenters. The molecule has 3 rings (SSSR count). The summed E-state index contributed by atoms with van der Waals surface area (Å²) in [5.41, 5.74) is -0.617. The van der Waals surface area contributed by atoms with Crippen molar-refractivity contribution in [1.82, 2.24) is 19.8 Å². The molecule has 0 saturated heterocycles. The molecule has 1 fully saturated rings. The van der Waals surface area contributed by atoms with Crippen molar-refractivity contribution in [1.29, 1.82) is 0 Å². The zero-order chi connectivity index (χ0) is 19.7. The number of carbonyl (C=O) groups excluding carboxylic acids is 2. The van der Waals surface area contributed by atoms with Gasteiger partial charge in [-0.05, 0) is 42.3 Å². The van der Waals surface area contributed by atoms with Crippen LogP contribution >= 0.6 is 23.2 Å². The Morgan fingerprint density at radius 1 is 1.30 bits per heavy atom. The highest BCUT2D eigenvalue weighted by Crippen LogP contribution is 2.35. The van der Waals surface area contributed by atoms with E-state index in [0.29, 0.717) is 6.61 Å². The fraction of sp³-hybridized carbons (Fsp3) is 0.353. The van der Waals surface area contributed by atoms with Crippen LogP contribution in [-0.2, 0) is 16.6 Å². The third-order valence-electron chi connectivity index (χ3n) is 4.07. The van der Waals surface area contributed by atoms with Gasteiger partial charge in [-0.15, -0.1) is 0 Å². The van der Waals surface area contributed by atoms with Crippen LogP contribution in [0.4, 0.5) is 0 Å². The average Bonchev–Trinajstić information content (AvgIpc) is 3.43. The number of rotatable bonds is 7. The van der Waals surface area contributed by atoms with Gasteiger partial charge < -0.3 is 4.74 Å². The summed E-state index contributed by atoms with van der Waals surface area (Å²) in [6, 6.07) is 2.81. The number of hydrogen-bond acceptors (Lipinski definition) is 6. The Bertz CT molecular complexity index is 1000. The number of hydrogen-bond donors (Lipinski definition) is 0. The molecule has 2 aromatic rings. The summed E-state index contributed by atoms with van der Waals surface area (Å²) in [4.78, 5) is 37.7. The summed E-state index contributed by atoms with van der Waals surface area (Å²) < 4.78 is 7.08. The molecule has 1 aliphatic rings. The molecule has 10 heteroatoms. The first-order chi connectivity index (χ1) is 12.9. The molecule has 0 radical (unpaired) electrons. The largest absolute Gasteiger partial charge is 0.501 e. The van der Waals surface area contributed by atoms with Crippen LogP contribution in [0.25, 0.3) is 5.69 Å². The maximum Gasteiger partial charge on any atom is 0.368 e. The number of ketones is 2. The Balaban J connectivity index is 2.09. The molecule has 1 aromatic heterocycles. The first kappa shape index (κ1) is 19.3. The molecule has 1 saturated carbocycles. The molecular formula is C17H16Cl2N4O4. The number of aromatic nitrogens is 4. The molecule has 1 aromatic carbocycles. The lowest BCUT2D eigenvalue weighted by atomic mass is 9.98. The van der Waals surface area contributed by atoms with Crippen LogP contribution in [-0.4, -0.2) is 38.0 Å².